The van der Waals surface area contributed by atoms with Crippen LogP contribution in [0.2, 0.25) is 0 Å². The van der Waals surface area contributed by atoms with E-state index < -0.39 is 5.60 Å². The van der Waals surface area contributed by atoms with Crippen molar-refractivity contribution in [2.75, 3.05) is 6.54 Å². The van der Waals surface area contributed by atoms with Gasteiger partial charge < -0.3 is 10.4 Å². The Morgan fingerprint density at radius 3 is 2.62 bits per heavy atom. The van der Waals surface area contributed by atoms with Crippen LogP contribution in [0.1, 0.15) is 63.0 Å². The second-order valence-electron chi connectivity index (χ2n) is 7.51. The summed E-state index contributed by atoms with van der Waals surface area (Å²) in [5, 5.41) is 13.3. The minimum absolute atomic E-state index is 0.207. The molecular formula is C20H30N2O2. The lowest BCUT2D eigenvalue weighted by molar-refractivity contribution is -0.139. The van der Waals surface area contributed by atoms with Gasteiger partial charge in [-0.2, -0.15) is 0 Å². The molecule has 132 valence electrons. The maximum absolute atomic E-state index is 12.3. The topological polar surface area (TPSA) is 52.6 Å². The van der Waals surface area contributed by atoms with Gasteiger partial charge in [0.25, 0.3) is 5.91 Å². The first kappa shape index (κ1) is 17.4. The van der Waals surface area contributed by atoms with Crippen LogP contribution in [0.3, 0.4) is 0 Å². The maximum Gasteiger partial charge on any atom is 0.252 e. The van der Waals surface area contributed by atoms with Gasteiger partial charge in [-0.1, -0.05) is 30.7 Å². The van der Waals surface area contributed by atoms with Gasteiger partial charge in [0.1, 0.15) is 5.60 Å². The number of nitrogens with zero attached hydrogens (tertiary/aromatic N) is 1. The summed E-state index contributed by atoms with van der Waals surface area (Å²) in [4.78, 5) is 14.9. The Morgan fingerprint density at radius 2 is 1.92 bits per heavy atom. The van der Waals surface area contributed by atoms with E-state index in [4.69, 9.17) is 0 Å². The second-order valence-corrected chi connectivity index (χ2v) is 7.51. The van der Waals surface area contributed by atoms with Crippen molar-refractivity contribution in [1.29, 1.82) is 0 Å². The number of aliphatic hydroxyl groups is 1. The molecule has 24 heavy (non-hydrogen) atoms. The molecule has 4 heteroatoms. The number of benzene rings is 1. The zero-order valence-electron chi connectivity index (χ0n) is 14.8. The molecule has 0 bridgehead atoms. The second kappa shape index (κ2) is 7.66. The molecule has 3 rings (SSSR count). The summed E-state index contributed by atoms with van der Waals surface area (Å²) in [6, 6.07) is 8.96. The molecular weight excluding hydrogens is 300 g/mol. The van der Waals surface area contributed by atoms with Crippen LogP contribution >= 0.6 is 0 Å². The van der Waals surface area contributed by atoms with Crippen molar-refractivity contribution in [3.8, 4) is 0 Å². The van der Waals surface area contributed by atoms with Crippen LogP contribution in [0, 0.1) is 0 Å². The highest BCUT2D eigenvalue weighted by Gasteiger charge is 2.38. The molecule has 2 aliphatic rings. The maximum atomic E-state index is 12.3. The number of hydrogen-bond donors (Lipinski definition) is 2. The third-order valence-electron chi connectivity index (χ3n) is 5.73. The quantitative estimate of drug-likeness (QED) is 0.873. The van der Waals surface area contributed by atoms with Crippen LogP contribution in [0.4, 0.5) is 0 Å². The van der Waals surface area contributed by atoms with Gasteiger partial charge in [-0.3, -0.25) is 9.69 Å². The van der Waals surface area contributed by atoms with E-state index >= 15 is 0 Å². The molecule has 1 atom stereocenters. The molecule has 0 radical (unpaired) electrons. The Balaban J connectivity index is 1.62. The van der Waals surface area contributed by atoms with Crippen molar-refractivity contribution in [2.45, 2.75) is 76.6 Å². The highest BCUT2D eigenvalue weighted by atomic mass is 16.3. The van der Waals surface area contributed by atoms with Crippen LogP contribution in [0.5, 0.6) is 0 Å². The summed E-state index contributed by atoms with van der Waals surface area (Å²) in [5.41, 5.74) is 1.30. The SMILES string of the molecule is CC1CCCCN1Cc1ccccc1CNC(=O)C1(O)CCCC1. The van der Waals surface area contributed by atoms with Gasteiger partial charge >= 0.3 is 0 Å². The number of amides is 1. The Kier molecular flexibility index (Phi) is 5.57. The molecule has 0 aromatic heterocycles. The van der Waals surface area contributed by atoms with E-state index in [1.165, 1.54) is 24.8 Å². The number of carbonyl (C=O) groups excluding carboxylic acids is 1. The highest BCUT2D eigenvalue weighted by molar-refractivity contribution is 5.85. The standard InChI is InChI=1S/C20H30N2O2/c1-16-8-4-7-13-22(16)15-18-10-3-2-9-17(18)14-21-19(23)20(24)11-5-6-12-20/h2-3,9-10,16,24H,4-8,11-15H2,1H3,(H,21,23). The third kappa shape index (κ3) is 3.98. The zero-order valence-corrected chi connectivity index (χ0v) is 14.8. The van der Waals surface area contributed by atoms with Crippen LogP contribution in [0.15, 0.2) is 24.3 Å². The predicted molar refractivity (Wildman–Crippen MR) is 95.4 cm³/mol. The van der Waals surface area contributed by atoms with Crippen molar-refractivity contribution in [1.82, 2.24) is 10.2 Å². The highest BCUT2D eigenvalue weighted by Crippen LogP contribution is 2.29. The Morgan fingerprint density at radius 1 is 1.21 bits per heavy atom. The van der Waals surface area contributed by atoms with Crippen molar-refractivity contribution in [3.05, 3.63) is 35.4 Å². The molecule has 1 aliphatic carbocycles. The zero-order chi connectivity index (χ0) is 17.0. The first-order valence-corrected chi connectivity index (χ1v) is 9.40. The molecule has 1 aromatic rings. The third-order valence-corrected chi connectivity index (χ3v) is 5.73. The summed E-state index contributed by atoms with van der Waals surface area (Å²) in [6.45, 7) is 4.90. The van der Waals surface area contributed by atoms with Crippen LogP contribution in [0.25, 0.3) is 0 Å². The van der Waals surface area contributed by atoms with E-state index in [0.717, 1.165) is 31.5 Å². The van der Waals surface area contributed by atoms with Crippen molar-refractivity contribution in [3.63, 3.8) is 0 Å². The molecule has 1 saturated carbocycles. The number of likely N-dealkylation sites (tertiary alicyclic amines) is 1. The summed E-state index contributed by atoms with van der Waals surface area (Å²) < 4.78 is 0. The Labute approximate surface area is 145 Å². The fourth-order valence-corrected chi connectivity index (χ4v) is 4.02. The molecule has 1 aromatic carbocycles. The van der Waals surface area contributed by atoms with E-state index in [1.54, 1.807) is 0 Å². The first-order chi connectivity index (χ1) is 11.6. The Bertz CT molecular complexity index is 567. The summed E-state index contributed by atoms with van der Waals surface area (Å²) in [5.74, 6) is -0.207. The Hall–Kier alpha value is -1.39. The van der Waals surface area contributed by atoms with E-state index in [-0.39, 0.29) is 5.91 Å². The van der Waals surface area contributed by atoms with Gasteiger partial charge in [0.15, 0.2) is 0 Å². The number of rotatable bonds is 5. The van der Waals surface area contributed by atoms with Gasteiger partial charge in [0.2, 0.25) is 0 Å². The van der Waals surface area contributed by atoms with Gasteiger partial charge in [-0.15, -0.1) is 0 Å². The number of hydrogen-bond acceptors (Lipinski definition) is 3. The minimum Gasteiger partial charge on any atom is -0.380 e. The van der Waals surface area contributed by atoms with E-state index in [0.29, 0.717) is 25.4 Å². The lowest BCUT2D eigenvalue weighted by atomic mass is 9.99. The molecule has 1 saturated heterocycles. The van der Waals surface area contributed by atoms with Crippen LogP contribution in [-0.4, -0.2) is 34.1 Å². The smallest absolute Gasteiger partial charge is 0.252 e. The van der Waals surface area contributed by atoms with E-state index in [1.807, 2.05) is 6.07 Å². The van der Waals surface area contributed by atoms with E-state index in [2.05, 4.69) is 35.3 Å². The summed E-state index contributed by atoms with van der Waals surface area (Å²) >= 11 is 0. The average Bonchev–Trinajstić information content (AvgIpc) is 3.04. The fraction of sp³-hybridized carbons (Fsp3) is 0.650. The van der Waals surface area contributed by atoms with Gasteiger partial charge in [-0.05, 0) is 63.1 Å². The van der Waals surface area contributed by atoms with E-state index in [9.17, 15) is 9.90 Å². The van der Waals surface area contributed by atoms with Crippen molar-refractivity contribution < 1.29 is 9.90 Å². The molecule has 1 heterocycles. The number of piperidine rings is 1. The number of nitrogens with one attached hydrogen (secondary N) is 1. The molecule has 1 aliphatic heterocycles. The molecule has 1 unspecified atom stereocenters. The average molecular weight is 330 g/mol. The molecule has 1 amide bonds. The molecule has 2 N–H and O–H groups in total. The first-order valence-electron chi connectivity index (χ1n) is 9.40. The normalized spacial score (nSPS) is 24.0. The summed E-state index contributed by atoms with van der Waals surface area (Å²) in [6.07, 6.45) is 6.93. The van der Waals surface area contributed by atoms with Crippen molar-refractivity contribution >= 4 is 5.91 Å². The summed E-state index contributed by atoms with van der Waals surface area (Å²) in [7, 11) is 0. The lowest BCUT2D eigenvalue weighted by Crippen LogP contribution is -2.44. The largest absolute Gasteiger partial charge is 0.380 e. The molecule has 4 nitrogen and oxygen atoms in total. The van der Waals surface area contributed by atoms with Gasteiger partial charge in [-0.25, -0.2) is 0 Å². The predicted octanol–water partition coefficient (Wildman–Crippen LogP) is 2.98. The fourth-order valence-electron chi connectivity index (χ4n) is 4.02. The molecule has 2 fully saturated rings. The van der Waals surface area contributed by atoms with Gasteiger partial charge in [0.05, 0.1) is 0 Å². The van der Waals surface area contributed by atoms with Gasteiger partial charge in [0, 0.05) is 19.1 Å². The lowest BCUT2D eigenvalue weighted by Gasteiger charge is -2.34. The van der Waals surface area contributed by atoms with Crippen LogP contribution in [-0.2, 0) is 17.9 Å². The number of carbonyl (C=O) groups is 1. The molecule has 0 spiro atoms. The monoisotopic (exact) mass is 330 g/mol. The van der Waals surface area contributed by atoms with Crippen molar-refractivity contribution in [2.24, 2.45) is 0 Å². The van der Waals surface area contributed by atoms with Crippen LogP contribution < -0.4 is 5.32 Å². The minimum atomic E-state index is -1.14.